The van der Waals surface area contributed by atoms with Gasteiger partial charge < -0.3 is 10.4 Å². The average molecular weight is 242 g/mol. The van der Waals surface area contributed by atoms with Crippen LogP contribution in [0.4, 0.5) is 0 Å². The smallest absolute Gasteiger partial charge is 0.120 e. The molecular formula is C15H18N2O. The van der Waals surface area contributed by atoms with Crippen molar-refractivity contribution in [1.82, 2.24) is 10.3 Å². The van der Waals surface area contributed by atoms with E-state index in [1.807, 2.05) is 38.1 Å². The first-order valence-electron chi connectivity index (χ1n) is 6.08. The summed E-state index contributed by atoms with van der Waals surface area (Å²) in [6.07, 6.45) is 3.57. The van der Waals surface area contributed by atoms with E-state index in [0.717, 1.165) is 17.7 Å². The highest BCUT2D eigenvalue weighted by Crippen LogP contribution is 2.25. The Morgan fingerprint density at radius 2 is 1.94 bits per heavy atom. The number of benzene rings is 1. The molecule has 3 heteroatoms. The maximum Gasteiger partial charge on any atom is 0.120 e. The number of nitrogens with one attached hydrogen (secondary N) is 1. The van der Waals surface area contributed by atoms with Gasteiger partial charge >= 0.3 is 0 Å². The maximum atomic E-state index is 9.91. The lowest BCUT2D eigenvalue weighted by Gasteiger charge is -2.16. The average Bonchev–Trinajstić information content (AvgIpc) is 2.37. The van der Waals surface area contributed by atoms with Crippen molar-refractivity contribution in [3.05, 3.63) is 59.4 Å². The van der Waals surface area contributed by atoms with Crippen LogP contribution >= 0.6 is 0 Å². The van der Waals surface area contributed by atoms with E-state index in [-0.39, 0.29) is 6.04 Å². The van der Waals surface area contributed by atoms with Gasteiger partial charge in [-0.05, 0) is 43.2 Å². The summed E-state index contributed by atoms with van der Waals surface area (Å²) in [5.41, 5.74) is 3.18. The molecule has 2 aromatic rings. The Morgan fingerprint density at radius 1 is 1.22 bits per heavy atom. The monoisotopic (exact) mass is 242 g/mol. The van der Waals surface area contributed by atoms with Gasteiger partial charge in [-0.2, -0.15) is 0 Å². The molecule has 1 unspecified atom stereocenters. The Bertz CT molecular complexity index is 511. The molecule has 3 nitrogen and oxygen atoms in total. The molecule has 0 fully saturated rings. The number of aryl methyl sites for hydroxylation is 1. The zero-order valence-electron chi connectivity index (χ0n) is 10.7. The van der Waals surface area contributed by atoms with Crippen LogP contribution in [0.5, 0.6) is 5.75 Å². The lowest BCUT2D eigenvalue weighted by molar-refractivity contribution is 0.452. The van der Waals surface area contributed by atoms with Crippen molar-refractivity contribution in [2.24, 2.45) is 0 Å². The molecule has 0 saturated carbocycles. The molecule has 0 bridgehead atoms. The largest absolute Gasteiger partial charge is 0.508 e. The van der Waals surface area contributed by atoms with Crippen molar-refractivity contribution in [3.63, 3.8) is 0 Å². The fourth-order valence-corrected chi connectivity index (χ4v) is 1.90. The van der Waals surface area contributed by atoms with Gasteiger partial charge in [0.25, 0.3) is 0 Å². The number of hydrogen-bond acceptors (Lipinski definition) is 3. The third-order valence-electron chi connectivity index (χ3n) is 3.01. The summed E-state index contributed by atoms with van der Waals surface area (Å²) >= 11 is 0. The van der Waals surface area contributed by atoms with Gasteiger partial charge in [-0.25, -0.2) is 0 Å². The molecule has 0 saturated heterocycles. The third kappa shape index (κ3) is 3.08. The molecular weight excluding hydrogens is 224 g/mol. The van der Waals surface area contributed by atoms with E-state index in [0.29, 0.717) is 5.75 Å². The molecule has 0 amide bonds. The van der Waals surface area contributed by atoms with Crippen molar-refractivity contribution in [1.29, 1.82) is 0 Å². The summed E-state index contributed by atoms with van der Waals surface area (Å²) in [6.45, 7) is 4.78. The highest BCUT2D eigenvalue weighted by atomic mass is 16.3. The molecule has 1 atom stereocenters. The molecule has 18 heavy (non-hydrogen) atoms. The van der Waals surface area contributed by atoms with Gasteiger partial charge in [0.2, 0.25) is 0 Å². The highest BCUT2D eigenvalue weighted by molar-refractivity contribution is 5.37. The van der Waals surface area contributed by atoms with Gasteiger partial charge in [0.1, 0.15) is 5.75 Å². The van der Waals surface area contributed by atoms with Crippen LogP contribution in [0, 0.1) is 6.92 Å². The van der Waals surface area contributed by atoms with Crippen molar-refractivity contribution < 1.29 is 5.11 Å². The van der Waals surface area contributed by atoms with Gasteiger partial charge in [-0.1, -0.05) is 12.1 Å². The molecule has 0 aliphatic rings. The Kier molecular flexibility index (Phi) is 3.95. The Hall–Kier alpha value is -1.87. The summed E-state index contributed by atoms with van der Waals surface area (Å²) in [6, 6.07) is 9.84. The molecule has 2 N–H and O–H groups in total. The topological polar surface area (TPSA) is 45.2 Å². The molecule has 0 aliphatic carbocycles. The second-order valence-corrected chi connectivity index (χ2v) is 4.52. The Balaban J connectivity index is 2.01. The number of hydrogen-bond donors (Lipinski definition) is 2. The molecule has 1 aromatic carbocycles. The standard InChI is InChI=1S/C15H18N2O/c1-11-3-4-14(15(18)9-11)12(2)17-10-13-5-7-16-8-6-13/h3-9,12,17-18H,10H2,1-2H3. The molecule has 0 aliphatic heterocycles. The summed E-state index contributed by atoms with van der Waals surface area (Å²) in [7, 11) is 0. The number of phenolic OH excluding ortho intramolecular Hbond substituents is 1. The Labute approximate surface area is 108 Å². The Morgan fingerprint density at radius 3 is 2.61 bits per heavy atom. The third-order valence-corrected chi connectivity index (χ3v) is 3.01. The number of phenols is 1. The van der Waals surface area contributed by atoms with Crippen molar-refractivity contribution >= 4 is 0 Å². The molecule has 1 aromatic heterocycles. The minimum absolute atomic E-state index is 0.110. The minimum atomic E-state index is 0.110. The van der Waals surface area contributed by atoms with E-state index in [1.54, 1.807) is 18.5 Å². The van der Waals surface area contributed by atoms with Crippen LogP contribution in [0.2, 0.25) is 0 Å². The predicted molar refractivity (Wildman–Crippen MR) is 72.3 cm³/mol. The highest BCUT2D eigenvalue weighted by Gasteiger charge is 2.09. The van der Waals surface area contributed by atoms with Crippen LogP contribution in [0.1, 0.15) is 29.7 Å². The van der Waals surface area contributed by atoms with Crippen LogP contribution in [-0.2, 0) is 6.54 Å². The van der Waals surface area contributed by atoms with Gasteiger partial charge in [0.05, 0.1) is 0 Å². The van der Waals surface area contributed by atoms with Crippen LogP contribution < -0.4 is 5.32 Å². The first-order valence-corrected chi connectivity index (χ1v) is 6.08. The maximum absolute atomic E-state index is 9.91. The summed E-state index contributed by atoms with van der Waals surface area (Å²) < 4.78 is 0. The van der Waals surface area contributed by atoms with Crippen molar-refractivity contribution in [3.8, 4) is 5.75 Å². The number of aromatic hydroxyl groups is 1. The molecule has 0 radical (unpaired) electrons. The summed E-state index contributed by atoms with van der Waals surface area (Å²) in [5, 5.41) is 13.3. The quantitative estimate of drug-likeness (QED) is 0.866. The lowest BCUT2D eigenvalue weighted by atomic mass is 10.0. The first-order chi connectivity index (χ1) is 8.66. The van der Waals surface area contributed by atoms with E-state index in [1.165, 1.54) is 5.56 Å². The number of nitrogens with zero attached hydrogens (tertiary/aromatic N) is 1. The van der Waals surface area contributed by atoms with Gasteiger partial charge in [-0.3, -0.25) is 4.98 Å². The predicted octanol–water partition coefficient (Wildman–Crippen LogP) is 2.95. The van der Waals surface area contributed by atoms with E-state index in [9.17, 15) is 5.11 Å². The van der Waals surface area contributed by atoms with Crippen LogP contribution in [0.25, 0.3) is 0 Å². The van der Waals surface area contributed by atoms with Gasteiger partial charge in [0.15, 0.2) is 0 Å². The van der Waals surface area contributed by atoms with E-state index >= 15 is 0 Å². The number of aromatic nitrogens is 1. The SMILES string of the molecule is Cc1ccc(C(C)NCc2ccncc2)c(O)c1. The number of rotatable bonds is 4. The van der Waals surface area contributed by atoms with E-state index in [4.69, 9.17) is 0 Å². The first kappa shape index (κ1) is 12.6. The zero-order valence-corrected chi connectivity index (χ0v) is 10.7. The van der Waals surface area contributed by atoms with Crippen LogP contribution in [-0.4, -0.2) is 10.1 Å². The van der Waals surface area contributed by atoms with Crippen LogP contribution in [0.15, 0.2) is 42.7 Å². The molecule has 94 valence electrons. The summed E-state index contributed by atoms with van der Waals surface area (Å²) in [5.74, 6) is 0.352. The number of pyridine rings is 1. The molecule has 0 spiro atoms. The summed E-state index contributed by atoms with van der Waals surface area (Å²) in [4.78, 5) is 3.99. The van der Waals surface area contributed by atoms with Gasteiger partial charge in [0, 0.05) is 30.5 Å². The molecule has 2 rings (SSSR count). The lowest BCUT2D eigenvalue weighted by Crippen LogP contribution is -2.18. The molecule has 1 heterocycles. The van der Waals surface area contributed by atoms with Gasteiger partial charge in [-0.15, -0.1) is 0 Å². The van der Waals surface area contributed by atoms with Crippen molar-refractivity contribution in [2.45, 2.75) is 26.4 Å². The van der Waals surface area contributed by atoms with E-state index in [2.05, 4.69) is 10.3 Å². The normalized spacial score (nSPS) is 12.3. The van der Waals surface area contributed by atoms with E-state index < -0.39 is 0 Å². The van der Waals surface area contributed by atoms with Crippen LogP contribution in [0.3, 0.4) is 0 Å². The second kappa shape index (κ2) is 5.65. The van der Waals surface area contributed by atoms with Crippen molar-refractivity contribution in [2.75, 3.05) is 0 Å². The minimum Gasteiger partial charge on any atom is -0.508 e. The second-order valence-electron chi connectivity index (χ2n) is 4.52. The fraction of sp³-hybridized carbons (Fsp3) is 0.267. The zero-order chi connectivity index (χ0) is 13.0. The fourth-order valence-electron chi connectivity index (χ4n) is 1.90.